The van der Waals surface area contributed by atoms with E-state index in [1.165, 1.54) is 6.42 Å². The molecule has 1 unspecified atom stereocenters. The monoisotopic (exact) mass is 217 g/mol. The van der Waals surface area contributed by atoms with Gasteiger partial charge in [-0.2, -0.15) is 0 Å². The molecular weight excluding hydrogens is 202 g/mol. The fraction of sp³-hybridized carbons (Fsp3) is 0.500. The van der Waals surface area contributed by atoms with Crippen LogP contribution in [0, 0.1) is 12.8 Å². The SMILES string of the molecule is Cc1cccc(NC(=O)[C@@H]2C[C@H]3CC3N2)n1. The van der Waals surface area contributed by atoms with Crippen molar-refractivity contribution in [1.29, 1.82) is 0 Å². The van der Waals surface area contributed by atoms with Crippen LogP contribution in [0.25, 0.3) is 0 Å². The zero-order valence-corrected chi connectivity index (χ0v) is 9.23. The van der Waals surface area contributed by atoms with E-state index in [1.54, 1.807) is 0 Å². The van der Waals surface area contributed by atoms with Gasteiger partial charge >= 0.3 is 0 Å². The second-order valence-corrected chi connectivity index (χ2v) is 4.71. The Morgan fingerprint density at radius 3 is 3.06 bits per heavy atom. The molecular formula is C12H15N3O. The number of pyridine rings is 1. The Hall–Kier alpha value is -1.42. The molecule has 3 atom stereocenters. The molecule has 3 rings (SSSR count). The van der Waals surface area contributed by atoms with Crippen molar-refractivity contribution in [3.63, 3.8) is 0 Å². The predicted octanol–water partition coefficient (Wildman–Crippen LogP) is 1.08. The van der Waals surface area contributed by atoms with Crippen LogP contribution in [-0.2, 0) is 4.79 Å². The Kier molecular flexibility index (Phi) is 2.17. The maximum atomic E-state index is 11.9. The van der Waals surface area contributed by atoms with Crippen molar-refractivity contribution in [1.82, 2.24) is 10.3 Å². The molecule has 1 aliphatic heterocycles. The number of nitrogens with one attached hydrogen (secondary N) is 2. The number of fused-ring (bicyclic) bond motifs is 1. The lowest BCUT2D eigenvalue weighted by Crippen LogP contribution is -2.38. The molecule has 0 bridgehead atoms. The first-order valence-corrected chi connectivity index (χ1v) is 5.73. The van der Waals surface area contributed by atoms with E-state index in [0.29, 0.717) is 11.9 Å². The van der Waals surface area contributed by atoms with Crippen molar-refractivity contribution >= 4 is 11.7 Å². The summed E-state index contributed by atoms with van der Waals surface area (Å²) in [5.74, 6) is 1.43. The fourth-order valence-electron chi connectivity index (χ4n) is 2.35. The number of carbonyl (C=O) groups excluding carboxylic acids is 1. The highest BCUT2D eigenvalue weighted by Crippen LogP contribution is 2.40. The molecule has 0 aromatic carbocycles. The second-order valence-electron chi connectivity index (χ2n) is 4.71. The van der Waals surface area contributed by atoms with Crippen molar-refractivity contribution in [3.05, 3.63) is 23.9 Å². The summed E-state index contributed by atoms with van der Waals surface area (Å²) in [6, 6.07) is 6.21. The summed E-state index contributed by atoms with van der Waals surface area (Å²) in [5, 5.41) is 6.18. The van der Waals surface area contributed by atoms with Crippen LogP contribution in [-0.4, -0.2) is 23.0 Å². The first kappa shape index (κ1) is 9.78. The molecule has 2 heterocycles. The molecule has 2 aliphatic rings. The van der Waals surface area contributed by atoms with E-state index in [4.69, 9.17) is 0 Å². The minimum Gasteiger partial charge on any atom is -0.309 e. The Bertz CT molecular complexity index is 422. The smallest absolute Gasteiger partial charge is 0.242 e. The number of aromatic nitrogens is 1. The van der Waals surface area contributed by atoms with Crippen LogP contribution in [0.1, 0.15) is 18.5 Å². The van der Waals surface area contributed by atoms with E-state index in [2.05, 4.69) is 15.6 Å². The van der Waals surface area contributed by atoms with E-state index >= 15 is 0 Å². The molecule has 0 spiro atoms. The maximum absolute atomic E-state index is 11.9. The molecule has 4 nitrogen and oxygen atoms in total. The van der Waals surface area contributed by atoms with Gasteiger partial charge in [0, 0.05) is 11.7 Å². The van der Waals surface area contributed by atoms with Crippen molar-refractivity contribution in [3.8, 4) is 0 Å². The van der Waals surface area contributed by atoms with Gasteiger partial charge in [-0.25, -0.2) is 4.98 Å². The molecule has 84 valence electrons. The minimum absolute atomic E-state index is 0.0222. The second kappa shape index (κ2) is 3.56. The van der Waals surface area contributed by atoms with Gasteiger partial charge in [0.05, 0.1) is 6.04 Å². The average molecular weight is 217 g/mol. The van der Waals surface area contributed by atoms with Crippen molar-refractivity contribution < 1.29 is 4.79 Å². The van der Waals surface area contributed by atoms with Crippen molar-refractivity contribution in [2.24, 2.45) is 5.92 Å². The zero-order valence-electron chi connectivity index (χ0n) is 9.23. The van der Waals surface area contributed by atoms with Crippen LogP contribution in [0.5, 0.6) is 0 Å². The molecule has 1 aromatic heterocycles. The van der Waals surface area contributed by atoms with Crippen LogP contribution in [0.3, 0.4) is 0 Å². The number of aryl methyl sites for hydroxylation is 1. The lowest BCUT2D eigenvalue weighted by atomic mass is 10.1. The van der Waals surface area contributed by atoms with E-state index in [9.17, 15) is 4.79 Å². The van der Waals surface area contributed by atoms with Gasteiger partial charge in [0.25, 0.3) is 0 Å². The third-order valence-electron chi connectivity index (χ3n) is 3.33. The number of piperidine rings is 1. The normalized spacial score (nSPS) is 30.9. The highest BCUT2D eigenvalue weighted by Gasteiger charge is 2.47. The van der Waals surface area contributed by atoms with Gasteiger partial charge in [-0.3, -0.25) is 4.79 Å². The van der Waals surface area contributed by atoms with Gasteiger partial charge in [-0.15, -0.1) is 0 Å². The number of amides is 1. The van der Waals surface area contributed by atoms with Crippen LogP contribution in [0.15, 0.2) is 18.2 Å². The summed E-state index contributed by atoms with van der Waals surface area (Å²) in [5.41, 5.74) is 0.917. The number of carbonyl (C=O) groups is 1. The highest BCUT2D eigenvalue weighted by molar-refractivity contribution is 5.94. The lowest BCUT2D eigenvalue weighted by molar-refractivity contribution is -0.118. The van der Waals surface area contributed by atoms with E-state index in [-0.39, 0.29) is 11.9 Å². The molecule has 0 radical (unpaired) electrons. The van der Waals surface area contributed by atoms with Gasteiger partial charge in [0.2, 0.25) is 5.91 Å². The molecule has 4 heteroatoms. The quantitative estimate of drug-likeness (QED) is 0.779. The zero-order chi connectivity index (χ0) is 11.1. The number of hydrogen-bond donors (Lipinski definition) is 2. The Morgan fingerprint density at radius 2 is 2.38 bits per heavy atom. The van der Waals surface area contributed by atoms with Gasteiger partial charge in [-0.1, -0.05) is 6.07 Å². The standard InChI is InChI=1S/C12H15N3O/c1-7-3-2-4-11(13-7)15-12(16)10-6-8-5-9(8)14-10/h2-4,8-10,14H,5-6H2,1H3,(H,13,15,16)/t8-,9?,10+/m1/s1. The molecule has 1 aromatic rings. The topological polar surface area (TPSA) is 54.0 Å². The predicted molar refractivity (Wildman–Crippen MR) is 61.0 cm³/mol. The third kappa shape index (κ3) is 1.80. The highest BCUT2D eigenvalue weighted by atomic mass is 16.2. The summed E-state index contributed by atoms with van der Waals surface area (Å²) < 4.78 is 0. The van der Waals surface area contributed by atoms with Crippen LogP contribution >= 0.6 is 0 Å². The molecule has 1 amide bonds. The fourth-order valence-corrected chi connectivity index (χ4v) is 2.35. The Labute approximate surface area is 94.5 Å². The number of nitrogens with zero attached hydrogens (tertiary/aromatic N) is 1. The molecule has 1 saturated carbocycles. The summed E-state index contributed by atoms with van der Waals surface area (Å²) in [6.07, 6.45) is 2.22. The van der Waals surface area contributed by atoms with Crippen molar-refractivity contribution in [2.45, 2.75) is 31.8 Å². The summed E-state index contributed by atoms with van der Waals surface area (Å²) in [6.45, 7) is 1.92. The lowest BCUT2D eigenvalue weighted by Gasteiger charge is -2.12. The van der Waals surface area contributed by atoms with E-state index in [1.807, 2.05) is 25.1 Å². The average Bonchev–Trinajstić information content (AvgIpc) is 2.86. The van der Waals surface area contributed by atoms with E-state index < -0.39 is 0 Å². The maximum Gasteiger partial charge on any atom is 0.242 e. The Balaban J connectivity index is 1.64. The van der Waals surface area contributed by atoms with Crippen LogP contribution < -0.4 is 10.6 Å². The molecule has 16 heavy (non-hydrogen) atoms. The number of hydrogen-bond acceptors (Lipinski definition) is 3. The van der Waals surface area contributed by atoms with Crippen LogP contribution in [0.2, 0.25) is 0 Å². The van der Waals surface area contributed by atoms with Crippen molar-refractivity contribution in [2.75, 3.05) is 5.32 Å². The summed E-state index contributed by atoms with van der Waals surface area (Å²) in [4.78, 5) is 16.1. The third-order valence-corrected chi connectivity index (χ3v) is 3.33. The van der Waals surface area contributed by atoms with E-state index in [0.717, 1.165) is 18.0 Å². The minimum atomic E-state index is -0.0222. The summed E-state index contributed by atoms with van der Waals surface area (Å²) in [7, 11) is 0. The molecule has 1 saturated heterocycles. The number of rotatable bonds is 2. The van der Waals surface area contributed by atoms with Gasteiger partial charge in [-0.05, 0) is 37.8 Å². The largest absolute Gasteiger partial charge is 0.309 e. The first-order valence-electron chi connectivity index (χ1n) is 5.73. The first-order chi connectivity index (χ1) is 7.72. The van der Waals surface area contributed by atoms with Crippen LogP contribution in [0.4, 0.5) is 5.82 Å². The Morgan fingerprint density at radius 1 is 1.50 bits per heavy atom. The molecule has 2 fully saturated rings. The van der Waals surface area contributed by atoms with Gasteiger partial charge in [0.15, 0.2) is 0 Å². The summed E-state index contributed by atoms with van der Waals surface area (Å²) >= 11 is 0. The van der Waals surface area contributed by atoms with Gasteiger partial charge in [0.1, 0.15) is 5.82 Å². The molecule has 1 aliphatic carbocycles. The van der Waals surface area contributed by atoms with Gasteiger partial charge < -0.3 is 10.6 Å². The molecule has 2 N–H and O–H groups in total. The number of anilines is 1.